The fraction of sp³-hybridized carbons (Fsp3) is 0.222. The van der Waals surface area contributed by atoms with Crippen molar-refractivity contribution in [1.29, 1.82) is 0 Å². The second-order valence-corrected chi connectivity index (χ2v) is 11.8. The van der Waals surface area contributed by atoms with E-state index in [0.29, 0.717) is 36.4 Å². The Morgan fingerprint density at radius 3 is 2.51 bits per heavy atom. The average molecular weight is 649 g/mol. The van der Waals surface area contributed by atoms with E-state index in [1.807, 2.05) is 72.8 Å². The van der Waals surface area contributed by atoms with E-state index in [4.69, 9.17) is 25.1 Å². The molecule has 47 heavy (non-hydrogen) atoms. The van der Waals surface area contributed by atoms with Gasteiger partial charge < -0.3 is 14.6 Å². The van der Waals surface area contributed by atoms with Crippen molar-refractivity contribution in [2.75, 3.05) is 13.2 Å². The summed E-state index contributed by atoms with van der Waals surface area (Å²) in [5.41, 5.74) is 16.7. The third-order valence-electron chi connectivity index (χ3n) is 7.55. The number of nitrogens with one attached hydrogen (secondary N) is 2. The highest BCUT2D eigenvalue weighted by atomic mass is 32.2. The third-order valence-corrected chi connectivity index (χ3v) is 8.68. The van der Waals surface area contributed by atoms with Gasteiger partial charge in [-0.2, -0.15) is 0 Å². The maximum absolute atomic E-state index is 14.3. The van der Waals surface area contributed by atoms with Crippen LogP contribution in [0.1, 0.15) is 41.2 Å². The summed E-state index contributed by atoms with van der Waals surface area (Å²) in [7, 11) is 0. The number of aliphatic hydroxyl groups excluding tert-OH is 1. The molecule has 2 atom stereocenters. The van der Waals surface area contributed by atoms with E-state index in [1.165, 1.54) is 0 Å². The van der Waals surface area contributed by atoms with Gasteiger partial charge in [-0.3, -0.25) is 10.2 Å². The monoisotopic (exact) mass is 648 g/mol. The van der Waals surface area contributed by atoms with E-state index in [-0.39, 0.29) is 25.5 Å². The summed E-state index contributed by atoms with van der Waals surface area (Å²) in [6.45, 7) is 4.85. The second kappa shape index (κ2) is 16.5. The van der Waals surface area contributed by atoms with Crippen molar-refractivity contribution in [1.82, 2.24) is 10.9 Å². The summed E-state index contributed by atoms with van der Waals surface area (Å²) >= 11 is 1.65. The zero-order valence-corrected chi connectivity index (χ0v) is 26.6. The Hall–Kier alpha value is -5.06. The van der Waals surface area contributed by atoms with E-state index in [1.54, 1.807) is 30.0 Å². The molecule has 3 N–H and O–H groups in total. The highest BCUT2D eigenvalue weighted by Gasteiger charge is 2.53. The smallest absolute Gasteiger partial charge is 0.266 e. The van der Waals surface area contributed by atoms with E-state index < -0.39 is 17.6 Å². The van der Waals surface area contributed by atoms with E-state index in [2.05, 4.69) is 45.7 Å². The topological polar surface area (TPSA) is 141 Å². The molecule has 0 unspecified atom stereocenters. The lowest BCUT2D eigenvalue weighted by molar-refractivity contribution is -0.130. The molecule has 0 bridgehead atoms. The molecule has 0 aromatic heterocycles. The number of nitrogens with zero attached hydrogens (tertiary/aromatic N) is 4. The zero-order valence-electron chi connectivity index (χ0n) is 25.8. The van der Waals surface area contributed by atoms with Gasteiger partial charge in [0.25, 0.3) is 5.91 Å². The summed E-state index contributed by atoms with van der Waals surface area (Å²) in [4.78, 5) is 24.3. The van der Waals surface area contributed by atoms with E-state index >= 15 is 0 Å². The van der Waals surface area contributed by atoms with Gasteiger partial charge in [-0.1, -0.05) is 83.6 Å². The molecule has 0 spiro atoms. The quantitative estimate of drug-likeness (QED) is 0.0297. The molecule has 10 nitrogen and oxygen atoms in total. The number of hydrazine groups is 1. The number of carbonyl (C=O) groups is 1. The number of benzene rings is 4. The first kappa shape index (κ1) is 33.3. The Morgan fingerprint density at radius 1 is 1.04 bits per heavy atom. The maximum atomic E-state index is 14.3. The van der Waals surface area contributed by atoms with Crippen LogP contribution in [0.2, 0.25) is 0 Å². The number of hydrogen-bond acceptors (Lipinski definition) is 8. The van der Waals surface area contributed by atoms with Crippen LogP contribution < -0.4 is 15.6 Å². The van der Waals surface area contributed by atoms with Gasteiger partial charge in [0.05, 0.1) is 13.2 Å². The van der Waals surface area contributed by atoms with Crippen molar-refractivity contribution in [2.24, 2.45) is 10.1 Å². The van der Waals surface area contributed by atoms with Gasteiger partial charge in [0.1, 0.15) is 5.75 Å². The normalized spacial score (nSPS) is 16.8. The third kappa shape index (κ3) is 8.21. The second-order valence-electron chi connectivity index (χ2n) is 10.7. The molecule has 5 rings (SSSR count). The van der Waals surface area contributed by atoms with E-state index in [9.17, 15) is 4.79 Å². The van der Waals surface area contributed by atoms with E-state index in [0.717, 1.165) is 20.9 Å². The van der Waals surface area contributed by atoms with Gasteiger partial charge in [-0.15, -0.1) is 6.58 Å². The Morgan fingerprint density at radius 2 is 1.77 bits per heavy atom. The molecular formula is C36H36N6O4S. The molecule has 0 fully saturated rings. The largest absolute Gasteiger partial charge is 0.494 e. The van der Waals surface area contributed by atoms with Gasteiger partial charge in [-0.05, 0) is 64.7 Å². The molecule has 1 heterocycles. The predicted octanol–water partition coefficient (Wildman–Crippen LogP) is 7.06. The Balaban J connectivity index is 1.43. The van der Waals surface area contributed by atoms with Crippen molar-refractivity contribution in [3.8, 4) is 5.75 Å². The van der Waals surface area contributed by atoms with Crippen LogP contribution in [0.5, 0.6) is 5.75 Å². The Kier molecular flexibility index (Phi) is 11.7. The lowest BCUT2D eigenvalue weighted by atomic mass is 9.83. The van der Waals surface area contributed by atoms with Crippen molar-refractivity contribution < 1.29 is 19.4 Å². The first-order valence-corrected chi connectivity index (χ1v) is 16.0. The molecule has 0 aliphatic carbocycles. The molecule has 0 saturated carbocycles. The van der Waals surface area contributed by atoms with Crippen LogP contribution in [0.25, 0.3) is 10.4 Å². The maximum Gasteiger partial charge on any atom is 0.266 e. The van der Waals surface area contributed by atoms with Gasteiger partial charge in [0.2, 0.25) is 5.90 Å². The number of amides is 1. The van der Waals surface area contributed by atoms with Crippen LogP contribution in [0.15, 0.2) is 136 Å². The SMILES string of the molecule is C=CC[C@]1(C(=O)NNCc2ccccc2Sc2ccccc2)N=C(c2ccc(OCCCO)cc2)O[C@H]1c1ccccc1CN=[N+]=[N-]. The molecule has 11 heteroatoms. The number of aliphatic imine (C=N–C) groups is 1. The number of aliphatic hydroxyl groups is 1. The number of rotatable bonds is 16. The molecule has 1 amide bonds. The van der Waals surface area contributed by atoms with Crippen LogP contribution in [-0.4, -0.2) is 35.7 Å². The fourth-order valence-corrected chi connectivity index (χ4v) is 6.21. The minimum absolute atomic E-state index is 0.0484. The van der Waals surface area contributed by atoms with Gasteiger partial charge in [-0.25, -0.2) is 10.4 Å². The molecular weight excluding hydrogens is 613 g/mol. The molecule has 0 saturated heterocycles. The van der Waals surface area contributed by atoms with Gasteiger partial charge in [0.15, 0.2) is 11.6 Å². The first-order valence-electron chi connectivity index (χ1n) is 15.2. The summed E-state index contributed by atoms with van der Waals surface area (Å²) < 4.78 is 12.2. The summed E-state index contributed by atoms with van der Waals surface area (Å²) in [5, 5.41) is 12.8. The van der Waals surface area contributed by atoms with Crippen molar-refractivity contribution in [3.63, 3.8) is 0 Å². The van der Waals surface area contributed by atoms with Gasteiger partial charge in [0, 0.05) is 46.3 Å². The number of azide groups is 1. The van der Waals surface area contributed by atoms with Crippen molar-refractivity contribution in [2.45, 2.75) is 47.4 Å². The minimum atomic E-state index is -1.43. The van der Waals surface area contributed by atoms with Gasteiger partial charge >= 0.3 is 0 Å². The number of hydrogen-bond donors (Lipinski definition) is 3. The molecule has 1 aliphatic rings. The molecule has 1 aliphatic heterocycles. The Labute approximate surface area is 278 Å². The van der Waals surface area contributed by atoms with Crippen LogP contribution in [0.3, 0.4) is 0 Å². The van der Waals surface area contributed by atoms with Crippen LogP contribution >= 0.6 is 11.8 Å². The number of carbonyl (C=O) groups excluding carboxylic acids is 1. The Bertz CT molecular complexity index is 1740. The van der Waals surface area contributed by atoms with Crippen LogP contribution in [-0.2, 0) is 22.6 Å². The standard InChI is InChI=1S/C36H36N6O4S/c1-2-21-36(35(44)41-38-25-28-12-7-9-16-32(28)47-30-13-4-3-5-14-30)33(31-15-8-6-11-27(31)24-39-42-37)46-34(40-36)26-17-19-29(20-18-26)45-23-10-22-43/h2-9,11-20,33,38,43H,1,10,21-25H2,(H,41,44)/t33-,36-/m0/s1. The minimum Gasteiger partial charge on any atom is -0.494 e. The molecule has 240 valence electrons. The summed E-state index contributed by atoms with van der Waals surface area (Å²) in [6, 6.07) is 32.8. The van der Waals surface area contributed by atoms with Crippen molar-refractivity contribution >= 4 is 23.6 Å². The highest BCUT2D eigenvalue weighted by molar-refractivity contribution is 7.99. The molecule has 0 radical (unpaired) electrons. The van der Waals surface area contributed by atoms with Crippen LogP contribution in [0, 0.1) is 0 Å². The molecule has 4 aromatic carbocycles. The summed E-state index contributed by atoms with van der Waals surface area (Å²) in [6.07, 6.45) is 1.51. The summed E-state index contributed by atoms with van der Waals surface area (Å²) in [5.74, 6) is 0.535. The average Bonchev–Trinajstić information content (AvgIpc) is 3.49. The van der Waals surface area contributed by atoms with Crippen molar-refractivity contribution in [3.05, 3.63) is 148 Å². The number of ether oxygens (including phenoxy) is 2. The fourth-order valence-electron chi connectivity index (χ4n) is 5.25. The van der Waals surface area contributed by atoms with Crippen LogP contribution in [0.4, 0.5) is 0 Å². The first-order chi connectivity index (χ1) is 23.1. The molecule has 4 aromatic rings. The lowest BCUT2D eigenvalue weighted by Gasteiger charge is -2.30. The predicted molar refractivity (Wildman–Crippen MR) is 183 cm³/mol. The zero-order chi connectivity index (χ0) is 32.9. The highest BCUT2D eigenvalue weighted by Crippen LogP contribution is 2.44. The lowest BCUT2D eigenvalue weighted by Crippen LogP contribution is -2.52.